The van der Waals surface area contributed by atoms with E-state index in [9.17, 15) is 9.90 Å². The van der Waals surface area contributed by atoms with Gasteiger partial charge in [-0.1, -0.05) is 6.42 Å². The topological polar surface area (TPSA) is 83.3 Å². The van der Waals surface area contributed by atoms with Crippen LogP contribution in [-0.4, -0.2) is 43.9 Å². The summed E-state index contributed by atoms with van der Waals surface area (Å²) in [6.45, 7) is 3.71. The van der Waals surface area contributed by atoms with Crippen molar-refractivity contribution in [3.63, 3.8) is 0 Å². The molecule has 0 radical (unpaired) electrons. The number of nitrogens with zero attached hydrogens (tertiary/aromatic N) is 4. The maximum absolute atomic E-state index is 11.5. The Bertz CT molecular complexity index is 688. The van der Waals surface area contributed by atoms with Gasteiger partial charge in [-0.2, -0.15) is 5.10 Å². The summed E-state index contributed by atoms with van der Waals surface area (Å²) < 4.78 is 1.68. The van der Waals surface area contributed by atoms with Gasteiger partial charge >= 0.3 is 5.97 Å². The molecule has 0 unspecified atom stereocenters. The number of hydrogen-bond donors (Lipinski definition) is 2. The smallest absolute Gasteiger partial charge is 0.339 e. The largest absolute Gasteiger partial charge is 0.478 e. The number of carbonyl (C=O) groups is 1. The molecule has 3 heterocycles. The van der Waals surface area contributed by atoms with Gasteiger partial charge in [-0.25, -0.2) is 14.8 Å². The number of aryl methyl sites for hydroxylation is 2. The highest BCUT2D eigenvalue weighted by Crippen LogP contribution is 2.29. The maximum Gasteiger partial charge on any atom is 0.339 e. The van der Waals surface area contributed by atoms with Crippen LogP contribution in [0.4, 0.5) is 5.69 Å². The average Bonchev–Trinajstić information content (AvgIpc) is 2.75. The molecule has 1 aliphatic rings. The molecule has 1 fully saturated rings. The standard InChI is InChI=1S/C14H19N5O2/c1-9-11-12(17-19-6-4-3-5-7-19)10(14(20)21)8-15-13(11)18(2)16-9/h8H,3-7H2,1-2H3,(H,15,17)(H,20,21). The van der Waals surface area contributed by atoms with Crippen molar-refractivity contribution < 1.29 is 9.90 Å². The fraction of sp³-hybridized carbons (Fsp3) is 0.500. The normalized spacial score (nSPS) is 16.3. The molecule has 7 heteroatoms. The molecule has 7 nitrogen and oxygen atoms in total. The SMILES string of the molecule is Cc1nn(C)c2ncc(C(=O)O)c(NN3CCCCC3)c12. The molecule has 1 saturated heterocycles. The van der Waals surface area contributed by atoms with Crippen LogP contribution in [0.3, 0.4) is 0 Å². The van der Waals surface area contributed by atoms with Gasteiger partial charge in [-0.05, 0) is 19.8 Å². The number of carboxylic acid groups (broad SMARTS) is 1. The Balaban J connectivity index is 2.11. The Kier molecular flexibility index (Phi) is 3.50. The molecule has 21 heavy (non-hydrogen) atoms. The van der Waals surface area contributed by atoms with Crippen molar-refractivity contribution in [2.24, 2.45) is 7.05 Å². The Labute approximate surface area is 122 Å². The first-order valence-electron chi connectivity index (χ1n) is 7.15. The maximum atomic E-state index is 11.5. The Morgan fingerprint density at radius 1 is 1.33 bits per heavy atom. The third kappa shape index (κ3) is 2.44. The second-order valence-corrected chi connectivity index (χ2v) is 5.42. The zero-order valence-electron chi connectivity index (χ0n) is 12.3. The number of fused-ring (bicyclic) bond motifs is 1. The number of hydrazine groups is 1. The van der Waals surface area contributed by atoms with Gasteiger partial charge in [0.05, 0.1) is 16.8 Å². The fourth-order valence-corrected chi connectivity index (χ4v) is 2.85. The van der Waals surface area contributed by atoms with Gasteiger partial charge < -0.3 is 10.5 Å². The molecule has 2 aromatic heterocycles. The van der Waals surface area contributed by atoms with Crippen LogP contribution in [-0.2, 0) is 7.05 Å². The van der Waals surface area contributed by atoms with Crippen LogP contribution in [0.1, 0.15) is 35.3 Å². The molecule has 0 aliphatic carbocycles. The highest BCUT2D eigenvalue weighted by atomic mass is 16.4. The summed E-state index contributed by atoms with van der Waals surface area (Å²) in [7, 11) is 1.81. The van der Waals surface area contributed by atoms with E-state index in [1.54, 1.807) is 4.68 Å². The van der Waals surface area contributed by atoms with E-state index in [1.165, 1.54) is 12.6 Å². The lowest BCUT2D eigenvalue weighted by Crippen LogP contribution is -2.35. The van der Waals surface area contributed by atoms with Gasteiger partial charge in [0.25, 0.3) is 0 Å². The van der Waals surface area contributed by atoms with Crippen molar-refractivity contribution in [2.45, 2.75) is 26.2 Å². The van der Waals surface area contributed by atoms with Crippen LogP contribution < -0.4 is 5.43 Å². The lowest BCUT2D eigenvalue weighted by Gasteiger charge is -2.28. The van der Waals surface area contributed by atoms with Gasteiger partial charge in [0, 0.05) is 26.3 Å². The first-order valence-corrected chi connectivity index (χ1v) is 7.15. The van der Waals surface area contributed by atoms with Crippen molar-refractivity contribution in [1.82, 2.24) is 19.8 Å². The second-order valence-electron chi connectivity index (χ2n) is 5.42. The van der Waals surface area contributed by atoms with E-state index >= 15 is 0 Å². The van der Waals surface area contributed by atoms with Crippen molar-refractivity contribution in [3.05, 3.63) is 17.5 Å². The number of piperidine rings is 1. The van der Waals surface area contributed by atoms with Gasteiger partial charge in [0.15, 0.2) is 5.65 Å². The molecule has 0 amide bonds. The highest BCUT2D eigenvalue weighted by Gasteiger charge is 2.21. The minimum atomic E-state index is -0.979. The van der Waals surface area contributed by atoms with Crippen molar-refractivity contribution >= 4 is 22.7 Å². The molecule has 0 spiro atoms. The average molecular weight is 289 g/mol. The number of carboxylic acids is 1. The Morgan fingerprint density at radius 2 is 2.05 bits per heavy atom. The first kappa shape index (κ1) is 13.8. The van der Waals surface area contributed by atoms with E-state index in [2.05, 4.69) is 20.5 Å². The first-order chi connectivity index (χ1) is 10.1. The molecule has 2 N–H and O–H groups in total. The monoisotopic (exact) mass is 289 g/mol. The minimum Gasteiger partial charge on any atom is -0.478 e. The van der Waals surface area contributed by atoms with Gasteiger partial charge in [0.2, 0.25) is 0 Å². The third-order valence-corrected chi connectivity index (χ3v) is 3.88. The molecule has 0 saturated carbocycles. The molecule has 0 atom stereocenters. The molecule has 3 rings (SSSR count). The molecule has 2 aromatic rings. The summed E-state index contributed by atoms with van der Waals surface area (Å²) in [4.78, 5) is 15.7. The zero-order chi connectivity index (χ0) is 15.0. The number of anilines is 1. The predicted molar refractivity (Wildman–Crippen MR) is 79.3 cm³/mol. The third-order valence-electron chi connectivity index (χ3n) is 3.88. The fourth-order valence-electron chi connectivity index (χ4n) is 2.85. The van der Waals surface area contributed by atoms with Gasteiger partial charge in [-0.3, -0.25) is 4.68 Å². The van der Waals surface area contributed by atoms with E-state index in [4.69, 9.17) is 0 Å². The van der Waals surface area contributed by atoms with E-state index in [-0.39, 0.29) is 5.56 Å². The Morgan fingerprint density at radius 3 is 2.71 bits per heavy atom. The quantitative estimate of drug-likeness (QED) is 0.896. The summed E-state index contributed by atoms with van der Waals surface area (Å²) >= 11 is 0. The summed E-state index contributed by atoms with van der Waals surface area (Å²) in [5.74, 6) is -0.979. The zero-order valence-corrected chi connectivity index (χ0v) is 12.3. The number of pyridine rings is 1. The molecule has 0 aromatic carbocycles. The Hall–Kier alpha value is -2.15. The van der Waals surface area contributed by atoms with Crippen LogP contribution in [0.5, 0.6) is 0 Å². The minimum absolute atomic E-state index is 0.184. The van der Waals surface area contributed by atoms with Crippen LogP contribution in [0, 0.1) is 6.92 Å². The lowest BCUT2D eigenvalue weighted by atomic mass is 10.1. The summed E-state index contributed by atoms with van der Waals surface area (Å²) in [5.41, 5.74) is 5.54. The van der Waals surface area contributed by atoms with Crippen LogP contribution in [0.15, 0.2) is 6.20 Å². The second kappa shape index (κ2) is 5.33. The number of aromatic carboxylic acids is 1. The van der Waals surface area contributed by atoms with Crippen molar-refractivity contribution in [2.75, 3.05) is 18.5 Å². The molecule has 0 bridgehead atoms. The molecular weight excluding hydrogens is 270 g/mol. The van der Waals surface area contributed by atoms with Crippen LogP contribution >= 0.6 is 0 Å². The molecule has 1 aliphatic heterocycles. The number of hydrogen-bond acceptors (Lipinski definition) is 5. The van der Waals surface area contributed by atoms with E-state index in [0.29, 0.717) is 11.3 Å². The lowest BCUT2D eigenvalue weighted by molar-refractivity contribution is 0.0697. The van der Waals surface area contributed by atoms with Crippen molar-refractivity contribution in [3.8, 4) is 0 Å². The van der Waals surface area contributed by atoms with Crippen LogP contribution in [0.2, 0.25) is 0 Å². The highest BCUT2D eigenvalue weighted by molar-refractivity contribution is 6.04. The van der Waals surface area contributed by atoms with E-state index in [0.717, 1.165) is 37.0 Å². The number of nitrogens with one attached hydrogen (secondary N) is 1. The summed E-state index contributed by atoms with van der Waals surface area (Å²) in [6.07, 6.45) is 4.87. The number of rotatable bonds is 3. The molecular formula is C14H19N5O2. The number of aromatic nitrogens is 3. The van der Waals surface area contributed by atoms with E-state index < -0.39 is 5.97 Å². The van der Waals surface area contributed by atoms with Gasteiger partial charge in [-0.15, -0.1) is 0 Å². The van der Waals surface area contributed by atoms with E-state index in [1.807, 2.05) is 14.0 Å². The van der Waals surface area contributed by atoms with Crippen LogP contribution in [0.25, 0.3) is 11.0 Å². The van der Waals surface area contributed by atoms with Crippen molar-refractivity contribution in [1.29, 1.82) is 0 Å². The van der Waals surface area contributed by atoms with Gasteiger partial charge in [0.1, 0.15) is 5.56 Å². The predicted octanol–water partition coefficient (Wildman–Crippen LogP) is 1.79. The summed E-state index contributed by atoms with van der Waals surface area (Å²) in [6, 6.07) is 0. The molecule has 112 valence electrons. The summed E-state index contributed by atoms with van der Waals surface area (Å²) in [5, 5.41) is 16.6.